The Morgan fingerprint density at radius 2 is 1.71 bits per heavy atom. The Bertz CT molecular complexity index is 521. The smallest absolute Gasteiger partial charge is 0.161 e. The van der Waals surface area contributed by atoms with Gasteiger partial charge in [0.05, 0.1) is 0 Å². The van der Waals surface area contributed by atoms with Crippen LogP contribution in [0.5, 0.6) is 23.0 Å². The standard InChI is InChI=1S/C14H14O3/c1-2-10-4-3-5-11(8-10)17-12-6-7-13(15)14(16)9-12/h3-9,15-16H,2H2,1H3. The molecule has 0 aliphatic heterocycles. The molecule has 0 radical (unpaired) electrons. The van der Waals surface area contributed by atoms with E-state index in [2.05, 4.69) is 6.92 Å². The third-order valence-electron chi connectivity index (χ3n) is 2.49. The summed E-state index contributed by atoms with van der Waals surface area (Å²) in [5.74, 6) is 0.872. The van der Waals surface area contributed by atoms with E-state index in [9.17, 15) is 10.2 Å². The lowest BCUT2D eigenvalue weighted by atomic mass is 10.2. The van der Waals surface area contributed by atoms with Gasteiger partial charge in [-0.2, -0.15) is 0 Å². The van der Waals surface area contributed by atoms with Gasteiger partial charge in [0.15, 0.2) is 11.5 Å². The molecule has 3 nitrogen and oxygen atoms in total. The normalized spacial score (nSPS) is 10.2. The highest BCUT2D eigenvalue weighted by molar-refractivity contribution is 5.45. The predicted octanol–water partition coefficient (Wildman–Crippen LogP) is 3.45. The Hall–Kier alpha value is -2.16. The van der Waals surface area contributed by atoms with Gasteiger partial charge in [-0.05, 0) is 36.2 Å². The fraction of sp³-hybridized carbons (Fsp3) is 0.143. The van der Waals surface area contributed by atoms with Crippen LogP contribution < -0.4 is 4.74 Å². The number of rotatable bonds is 3. The lowest BCUT2D eigenvalue weighted by molar-refractivity contribution is 0.398. The molecule has 2 rings (SSSR count). The molecule has 2 N–H and O–H groups in total. The molecule has 0 fully saturated rings. The van der Waals surface area contributed by atoms with E-state index in [4.69, 9.17) is 4.74 Å². The van der Waals surface area contributed by atoms with Gasteiger partial charge in [0.25, 0.3) is 0 Å². The van der Waals surface area contributed by atoms with Gasteiger partial charge in [-0.15, -0.1) is 0 Å². The van der Waals surface area contributed by atoms with E-state index in [0.717, 1.165) is 12.2 Å². The molecule has 0 bridgehead atoms. The molecule has 0 unspecified atom stereocenters. The molecule has 0 saturated carbocycles. The van der Waals surface area contributed by atoms with Crippen molar-refractivity contribution in [3.8, 4) is 23.0 Å². The monoisotopic (exact) mass is 230 g/mol. The maximum absolute atomic E-state index is 9.35. The van der Waals surface area contributed by atoms with Crippen LogP contribution in [0.25, 0.3) is 0 Å². The first-order valence-corrected chi connectivity index (χ1v) is 5.48. The second kappa shape index (κ2) is 4.78. The van der Waals surface area contributed by atoms with Gasteiger partial charge in [-0.25, -0.2) is 0 Å². The minimum Gasteiger partial charge on any atom is -0.504 e. The van der Waals surface area contributed by atoms with Crippen molar-refractivity contribution >= 4 is 0 Å². The number of benzene rings is 2. The average molecular weight is 230 g/mol. The van der Waals surface area contributed by atoms with Gasteiger partial charge in [0, 0.05) is 6.07 Å². The van der Waals surface area contributed by atoms with Crippen LogP contribution in [-0.2, 0) is 6.42 Å². The van der Waals surface area contributed by atoms with Crippen LogP contribution >= 0.6 is 0 Å². The van der Waals surface area contributed by atoms with E-state index in [0.29, 0.717) is 5.75 Å². The molecule has 0 aromatic heterocycles. The summed E-state index contributed by atoms with van der Waals surface area (Å²) in [6.45, 7) is 2.07. The highest BCUT2D eigenvalue weighted by Gasteiger charge is 2.03. The van der Waals surface area contributed by atoms with Crippen molar-refractivity contribution in [2.45, 2.75) is 13.3 Å². The first kappa shape index (κ1) is 11.3. The maximum atomic E-state index is 9.35. The van der Waals surface area contributed by atoms with Crippen molar-refractivity contribution in [3.05, 3.63) is 48.0 Å². The molecule has 0 heterocycles. The van der Waals surface area contributed by atoms with Gasteiger partial charge >= 0.3 is 0 Å². The summed E-state index contributed by atoms with van der Waals surface area (Å²) < 4.78 is 5.59. The van der Waals surface area contributed by atoms with Crippen molar-refractivity contribution < 1.29 is 14.9 Å². The fourth-order valence-corrected chi connectivity index (χ4v) is 1.53. The summed E-state index contributed by atoms with van der Waals surface area (Å²) >= 11 is 0. The molecule has 2 aromatic rings. The van der Waals surface area contributed by atoms with Crippen molar-refractivity contribution in [2.75, 3.05) is 0 Å². The molecular formula is C14H14O3. The molecule has 0 aliphatic carbocycles. The number of phenols is 2. The lowest BCUT2D eigenvalue weighted by Crippen LogP contribution is -1.86. The molecule has 3 heteroatoms. The van der Waals surface area contributed by atoms with Crippen molar-refractivity contribution in [1.82, 2.24) is 0 Å². The van der Waals surface area contributed by atoms with Crippen LogP contribution in [0.1, 0.15) is 12.5 Å². The highest BCUT2D eigenvalue weighted by Crippen LogP contribution is 2.31. The summed E-state index contributed by atoms with van der Waals surface area (Å²) in [4.78, 5) is 0. The summed E-state index contributed by atoms with van der Waals surface area (Å²) in [6, 6.07) is 12.1. The molecule has 17 heavy (non-hydrogen) atoms. The molecule has 0 saturated heterocycles. The Morgan fingerprint density at radius 1 is 0.941 bits per heavy atom. The zero-order valence-corrected chi connectivity index (χ0v) is 9.55. The van der Waals surface area contributed by atoms with Crippen LogP contribution in [0, 0.1) is 0 Å². The first-order valence-electron chi connectivity index (χ1n) is 5.48. The summed E-state index contributed by atoms with van der Waals surface area (Å²) in [5.41, 5.74) is 1.19. The number of phenolic OH excluding ortho intramolecular Hbond substituents is 2. The summed E-state index contributed by atoms with van der Waals surface area (Å²) in [5, 5.41) is 18.5. The number of aryl methyl sites for hydroxylation is 1. The zero-order valence-electron chi connectivity index (χ0n) is 9.55. The number of hydrogen-bond donors (Lipinski definition) is 2. The van der Waals surface area contributed by atoms with Gasteiger partial charge in [0.1, 0.15) is 11.5 Å². The molecule has 0 amide bonds. The lowest BCUT2D eigenvalue weighted by Gasteiger charge is -2.07. The number of ether oxygens (including phenoxy) is 1. The average Bonchev–Trinajstić information content (AvgIpc) is 2.34. The molecule has 0 aliphatic rings. The van der Waals surface area contributed by atoms with Crippen molar-refractivity contribution in [3.63, 3.8) is 0 Å². The predicted molar refractivity (Wildman–Crippen MR) is 65.7 cm³/mol. The van der Waals surface area contributed by atoms with Gasteiger partial charge < -0.3 is 14.9 Å². The third-order valence-corrected chi connectivity index (χ3v) is 2.49. The largest absolute Gasteiger partial charge is 0.504 e. The van der Waals surface area contributed by atoms with E-state index in [1.165, 1.54) is 17.7 Å². The van der Waals surface area contributed by atoms with Crippen LogP contribution in [0.15, 0.2) is 42.5 Å². The topological polar surface area (TPSA) is 49.7 Å². The fourth-order valence-electron chi connectivity index (χ4n) is 1.53. The Balaban J connectivity index is 2.22. The number of hydrogen-bond acceptors (Lipinski definition) is 3. The highest BCUT2D eigenvalue weighted by atomic mass is 16.5. The minimum absolute atomic E-state index is 0.153. The second-order valence-electron chi connectivity index (χ2n) is 3.75. The Morgan fingerprint density at radius 3 is 2.41 bits per heavy atom. The van der Waals surface area contributed by atoms with Gasteiger partial charge in [-0.1, -0.05) is 19.1 Å². The van der Waals surface area contributed by atoms with Crippen LogP contribution in [0.2, 0.25) is 0 Å². The van der Waals surface area contributed by atoms with Crippen molar-refractivity contribution in [2.24, 2.45) is 0 Å². The Labute approximate surface area is 99.9 Å². The van der Waals surface area contributed by atoms with E-state index in [1.807, 2.05) is 24.3 Å². The molecule has 2 aromatic carbocycles. The quantitative estimate of drug-likeness (QED) is 0.794. The van der Waals surface area contributed by atoms with Crippen LogP contribution in [0.4, 0.5) is 0 Å². The van der Waals surface area contributed by atoms with E-state index in [1.54, 1.807) is 6.07 Å². The summed E-state index contributed by atoms with van der Waals surface area (Å²) in [7, 11) is 0. The van der Waals surface area contributed by atoms with Gasteiger partial charge in [0.2, 0.25) is 0 Å². The van der Waals surface area contributed by atoms with E-state index in [-0.39, 0.29) is 11.5 Å². The zero-order chi connectivity index (χ0) is 12.3. The van der Waals surface area contributed by atoms with Crippen LogP contribution in [0.3, 0.4) is 0 Å². The number of aromatic hydroxyl groups is 2. The van der Waals surface area contributed by atoms with E-state index >= 15 is 0 Å². The molecule has 0 spiro atoms. The second-order valence-corrected chi connectivity index (χ2v) is 3.75. The third kappa shape index (κ3) is 2.69. The molecule has 0 atom stereocenters. The van der Waals surface area contributed by atoms with E-state index < -0.39 is 0 Å². The van der Waals surface area contributed by atoms with Crippen molar-refractivity contribution in [1.29, 1.82) is 0 Å². The first-order chi connectivity index (χ1) is 8.19. The maximum Gasteiger partial charge on any atom is 0.161 e. The molecule has 88 valence electrons. The van der Waals surface area contributed by atoms with Crippen LogP contribution in [-0.4, -0.2) is 10.2 Å². The molecular weight excluding hydrogens is 216 g/mol. The summed E-state index contributed by atoms with van der Waals surface area (Å²) in [6.07, 6.45) is 0.942. The van der Waals surface area contributed by atoms with Gasteiger partial charge in [-0.3, -0.25) is 0 Å². The Kier molecular flexibility index (Phi) is 3.19. The minimum atomic E-state index is -0.186. The SMILES string of the molecule is CCc1cccc(Oc2ccc(O)c(O)c2)c1.